The Morgan fingerprint density at radius 1 is 1.12 bits per heavy atom. The van der Waals surface area contributed by atoms with E-state index in [1.807, 2.05) is 0 Å². The van der Waals surface area contributed by atoms with E-state index < -0.39 is 10.0 Å². The van der Waals surface area contributed by atoms with E-state index in [2.05, 4.69) is 5.32 Å². The number of halogens is 2. The quantitative estimate of drug-likeness (QED) is 0.728. The summed E-state index contributed by atoms with van der Waals surface area (Å²) in [7, 11) is -0.695. The summed E-state index contributed by atoms with van der Waals surface area (Å²) in [5.74, 6) is 1.59. The predicted molar refractivity (Wildman–Crippen MR) is 104 cm³/mol. The number of ether oxygens (including phenoxy) is 2. The molecule has 148 valence electrons. The molecule has 0 amide bonds. The van der Waals surface area contributed by atoms with Crippen molar-refractivity contribution in [2.75, 3.05) is 33.9 Å². The van der Waals surface area contributed by atoms with Gasteiger partial charge in [0, 0.05) is 31.3 Å². The van der Waals surface area contributed by atoms with E-state index in [4.69, 9.17) is 21.1 Å². The van der Waals surface area contributed by atoms with E-state index in [1.165, 1.54) is 43.5 Å². The van der Waals surface area contributed by atoms with Crippen molar-refractivity contribution in [1.29, 1.82) is 0 Å². The van der Waals surface area contributed by atoms with Crippen molar-refractivity contribution in [3.63, 3.8) is 0 Å². The van der Waals surface area contributed by atoms with Crippen LogP contribution in [0.4, 0.5) is 0 Å². The van der Waals surface area contributed by atoms with E-state index in [0.29, 0.717) is 30.6 Å². The minimum atomic E-state index is -3.65. The minimum absolute atomic E-state index is 0. The van der Waals surface area contributed by atoms with Crippen LogP contribution in [0.3, 0.4) is 0 Å². The fourth-order valence-electron chi connectivity index (χ4n) is 3.13. The Bertz CT molecular complexity index is 718. The largest absolute Gasteiger partial charge is 0.493 e. The average Bonchev–Trinajstić information content (AvgIpc) is 3.44. The van der Waals surface area contributed by atoms with Crippen molar-refractivity contribution < 1.29 is 17.9 Å². The van der Waals surface area contributed by atoms with Gasteiger partial charge in [0.2, 0.25) is 10.0 Å². The number of rotatable bonds is 7. The van der Waals surface area contributed by atoms with E-state index in [-0.39, 0.29) is 22.3 Å². The van der Waals surface area contributed by atoms with Crippen LogP contribution in [0.2, 0.25) is 5.02 Å². The highest BCUT2D eigenvalue weighted by atomic mass is 35.5. The van der Waals surface area contributed by atoms with Crippen molar-refractivity contribution in [2.45, 2.75) is 36.6 Å². The highest BCUT2D eigenvalue weighted by molar-refractivity contribution is 7.89. The summed E-state index contributed by atoms with van der Waals surface area (Å²) in [6.07, 6.45) is 4.27. The first-order valence-electron chi connectivity index (χ1n) is 8.60. The Morgan fingerprint density at radius 3 is 2.23 bits per heavy atom. The van der Waals surface area contributed by atoms with Gasteiger partial charge in [-0.3, -0.25) is 0 Å². The predicted octanol–water partition coefficient (Wildman–Crippen LogP) is 2.93. The van der Waals surface area contributed by atoms with Crippen LogP contribution >= 0.6 is 24.0 Å². The molecule has 9 heteroatoms. The molecule has 0 radical (unpaired) electrons. The van der Waals surface area contributed by atoms with Crippen molar-refractivity contribution >= 4 is 34.0 Å². The van der Waals surface area contributed by atoms with Crippen LogP contribution in [0.15, 0.2) is 17.0 Å². The number of hydrogen-bond donors (Lipinski definition) is 1. The molecule has 2 aliphatic rings. The standard InChI is InChI=1S/C17H25ClN2O4S.ClH/c1-23-15-9-14(18)17(10-16(15)24-2)25(21,22)20-7-5-13(6-8-20)19-11-12-3-4-12;/h9-10,12-13,19H,3-8,11H2,1-2H3;1H. The van der Waals surface area contributed by atoms with E-state index in [0.717, 1.165) is 25.3 Å². The maximum atomic E-state index is 13.0. The van der Waals surface area contributed by atoms with Gasteiger partial charge < -0.3 is 14.8 Å². The lowest BCUT2D eigenvalue weighted by Crippen LogP contribution is -2.45. The first-order chi connectivity index (χ1) is 12.0. The molecule has 1 aromatic rings. The van der Waals surface area contributed by atoms with Crippen LogP contribution in [0.5, 0.6) is 11.5 Å². The fraction of sp³-hybridized carbons (Fsp3) is 0.647. The van der Waals surface area contributed by atoms with Crippen molar-refractivity contribution in [3.05, 3.63) is 17.2 Å². The number of nitrogens with zero attached hydrogens (tertiary/aromatic N) is 1. The monoisotopic (exact) mass is 424 g/mol. The summed E-state index contributed by atoms with van der Waals surface area (Å²) in [5.41, 5.74) is 0. The van der Waals surface area contributed by atoms with Gasteiger partial charge in [-0.15, -0.1) is 12.4 Å². The zero-order valence-corrected chi connectivity index (χ0v) is 17.4. The van der Waals surface area contributed by atoms with Crippen LogP contribution < -0.4 is 14.8 Å². The lowest BCUT2D eigenvalue weighted by atomic mass is 10.1. The summed E-state index contributed by atoms with van der Waals surface area (Å²) in [4.78, 5) is 0.0659. The summed E-state index contributed by atoms with van der Waals surface area (Å²) >= 11 is 6.21. The van der Waals surface area contributed by atoms with Gasteiger partial charge in [-0.25, -0.2) is 8.42 Å². The van der Waals surface area contributed by atoms with Crippen LogP contribution in [0, 0.1) is 5.92 Å². The van der Waals surface area contributed by atoms with Crippen LogP contribution in [0.25, 0.3) is 0 Å². The lowest BCUT2D eigenvalue weighted by Gasteiger charge is -2.32. The van der Waals surface area contributed by atoms with E-state index >= 15 is 0 Å². The van der Waals surface area contributed by atoms with Crippen LogP contribution in [-0.2, 0) is 10.0 Å². The summed E-state index contributed by atoms with van der Waals surface area (Å²) in [6, 6.07) is 3.32. The van der Waals surface area contributed by atoms with Gasteiger partial charge in [-0.05, 0) is 38.1 Å². The van der Waals surface area contributed by atoms with Gasteiger partial charge in [-0.2, -0.15) is 4.31 Å². The molecule has 0 aromatic heterocycles. The normalized spacial score (nSPS) is 19.0. The molecule has 0 unspecified atom stereocenters. The molecule has 2 fully saturated rings. The van der Waals surface area contributed by atoms with E-state index in [9.17, 15) is 8.42 Å². The van der Waals surface area contributed by atoms with Gasteiger partial charge in [0.15, 0.2) is 11.5 Å². The first kappa shape index (κ1) is 21.6. The first-order valence-corrected chi connectivity index (χ1v) is 10.4. The molecule has 1 N–H and O–H groups in total. The third-order valence-electron chi connectivity index (χ3n) is 4.90. The number of piperidine rings is 1. The van der Waals surface area contributed by atoms with Gasteiger partial charge in [-0.1, -0.05) is 11.6 Å². The van der Waals surface area contributed by atoms with Crippen LogP contribution in [0.1, 0.15) is 25.7 Å². The Labute approximate surface area is 166 Å². The van der Waals surface area contributed by atoms with Crippen molar-refractivity contribution in [3.8, 4) is 11.5 Å². The van der Waals surface area contributed by atoms with E-state index in [1.54, 1.807) is 0 Å². The number of nitrogens with one attached hydrogen (secondary N) is 1. The SMILES string of the molecule is COc1cc(Cl)c(S(=O)(=O)N2CCC(NCC3CC3)CC2)cc1OC.Cl. The Hall–Kier alpha value is -0.730. The molecule has 3 rings (SSSR count). The lowest BCUT2D eigenvalue weighted by molar-refractivity contribution is 0.288. The number of hydrogen-bond acceptors (Lipinski definition) is 5. The Balaban J connectivity index is 0.00000243. The average molecular weight is 425 g/mol. The Morgan fingerprint density at radius 2 is 1.69 bits per heavy atom. The number of methoxy groups -OCH3 is 2. The molecule has 1 aromatic carbocycles. The molecular weight excluding hydrogens is 399 g/mol. The number of benzene rings is 1. The molecule has 26 heavy (non-hydrogen) atoms. The molecule has 1 saturated heterocycles. The zero-order chi connectivity index (χ0) is 18.0. The molecule has 1 heterocycles. The van der Waals surface area contributed by atoms with Crippen molar-refractivity contribution in [2.24, 2.45) is 5.92 Å². The Kier molecular flexibility index (Phi) is 7.44. The van der Waals surface area contributed by atoms with Gasteiger partial charge in [0.1, 0.15) is 4.90 Å². The third-order valence-corrected chi connectivity index (χ3v) is 7.27. The topological polar surface area (TPSA) is 67.9 Å². The highest BCUT2D eigenvalue weighted by Gasteiger charge is 2.32. The molecular formula is C17H26Cl2N2O4S. The fourth-order valence-corrected chi connectivity index (χ4v) is 5.11. The molecule has 6 nitrogen and oxygen atoms in total. The highest BCUT2D eigenvalue weighted by Crippen LogP contribution is 2.37. The maximum absolute atomic E-state index is 13.0. The minimum Gasteiger partial charge on any atom is -0.493 e. The second-order valence-electron chi connectivity index (χ2n) is 6.67. The number of sulfonamides is 1. The third kappa shape index (κ3) is 4.75. The summed E-state index contributed by atoms with van der Waals surface area (Å²) in [5, 5.41) is 3.70. The van der Waals surface area contributed by atoms with Gasteiger partial charge >= 0.3 is 0 Å². The zero-order valence-electron chi connectivity index (χ0n) is 15.0. The van der Waals surface area contributed by atoms with Crippen molar-refractivity contribution in [1.82, 2.24) is 9.62 Å². The summed E-state index contributed by atoms with van der Waals surface area (Å²) < 4.78 is 37.9. The van der Waals surface area contributed by atoms with Crippen LogP contribution in [-0.4, -0.2) is 52.6 Å². The molecule has 1 aliphatic heterocycles. The second-order valence-corrected chi connectivity index (χ2v) is 8.98. The molecule has 0 bridgehead atoms. The molecule has 1 saturated carbocycles. The van der Waals surface area contributed by atoms with Gasteiger partial charge in [0.25, 0.3) is 0 Å². The molecule has 1 aliphatic carbocycles. The smallest absolute Gasteiger partial charge is 0.244 e. The molecule has 0 atom stereocenters. The molecule has 0 spiro atoms. The summed E-state index contributed by atoms with van der Waals surface area (Å²) in [6.45, 7) is 2.05. The second kappa shape index (κ2) is 8.97. The maximum Gasteiger partial charge on any atom is 0.244 e. The van der Waals surface area contributed by atoms with Gasteiger partial charge in [0.05, 0.1) is 19.2 Å².